The molecule has 0 aliphatic heterocycles. The summed E-state index contributed by atoms with van der Waals surface area (Å²) in [7, 11) is 0. The fraction of sp³-hybridized carbons (Fsp3) is 0.364. The number of nitrogens with one attached hydrogen (secondary N) is 1. The lowest BCUT2D eigenvalue weighted by atomic mass is 10.2. The van der Waals surface area contributed by atoms with Crippen LogP contribution in [0.1, 0.15) is 30.8 Å². The van der Waals surface area contributed by atoms with Gasteiger partial charge in [-0.25, -0.2) is 9.67 Å². The van der Waals surface area contributed by atoms with Crippen molar-refractivity contribution in [2.45, 2.75) is 25.9 Å². The highest BCUT2D eigenvalue weighted by Gasteiger charge is 2.18. The molecule has 0 saturated heterocycles. The molecule has 17 heavy (non-hydrogen) atoms. The van der Waals surface area contributed by atoms with Crippen LogP contribution in [-0.2, 0) is 4.79 Å². The Kier molecular flexibility index (Phi) is 3.53. The van der Waals surface area contributed by atoms with Crippen LogP contribution in [0.3, 0.4) is 0 Å². The number of carbonyl (C=O) groups is 1. The Labute approximate surface area is 103 Å². The third-order valence-electron chi connectivity index (χ3n) is 2.54. The summed E-state index contributed by atoms with van der Waals surface area (Å²) in [6.45, 7) is 3.77. The summed E-state index contributed by atoms with van der Waals surface area (Å²) in [4.78, 5) is 16.9. The van der Waals surface area contributed by atoms with E-state index in [9.17, 15) is 4.79 Å². The van der Waals surface area contributed by atoms with Crippen LogP contribution in [0.15, 0.2) is 30.2 Å². The van der Waals surface area contributed by atoms with Crippen LogP contribution >= 0.6 is 11.3 Å². The van der Waals surface area contributed by atoms with Crippen LogP contribution in [0.2, 0.25) is 0 Å². The van der Waals surface area contributed by atoms with E-state index in [0.29, 0.717) is 0 Å². The number of amides is 1. The first-order chi connectivity index (χ1) is 8.18. The largest absolute Gasteiger partial charge is 0.347 e. The number of nitrogens with zero attached hydrogens (tertiary/aromatic N) is 3. The van der Waals surface area contributed by atoms with E-state index in [1.807, 2.05) is 24.4 Å². The van der Waals surface area contributed by atoms with Gasteiger partial charge in [0.05, 0.1) is 6.04 Å². The lowest BCUT2D eigenvalue weighted by Crippen LogP contribution is -2.32. The molecule has 0 aliphatic rings. The van der Waals surface area contributed by atoms with Crippen molar-refractivity contribution >= 4 is 17.2 Å². The van der Waals surface area contributed by atoms with Gasteiger partial charge in [0.25, 0.3) is 0 Å². The van der Waals surface area contributed by atoms with Gasteiger partial charge in [-0.05, 0) is 25.3 Å². The van der Waals surface area contributed by atoms with Gasteiger partial charge in [-0.1, -0.05) is 6.07 Å². The predicted octanol–water partition coefficient (Wildman–Crippen LogP) is 1.78. The van der Waals surface area contributed by atoms with Crippen LogP contribution in [-0.4, -0.2) is 20.7 Å². The van der Waals surface area contributed by atoms with E-state index in [0.717, 1.165) is 4.88 Å². The molecular formula is C11H14N4OS. The second kappa shape index (κ2) is 5.09. The second-order valence-corrected chi connectivity index (χ2v) is 4.78. The molecule has 90 valence electrons. The average Bonchev–Trinajstić information content (AvgIpc) is 3.00. The monoisotopic (exact) mass is 250 g/mol. The fourth-order valence-corrected chi connectivity index (χ4v) is 2.21. The van der Waals surface area contributed by atoms with Crippen molar-refractivity contribution in [3.05, 3.63) is 35.0 Å². The topological polar surface area (TPSA) is 59.8 Å². The number of aromatic nitrogens is 3. The van der Waals surface area contributed by atoms with E-state index in [-0.39, 0.29) is 18.0 Å². The Bertz CT molecular complexity index is 466. The van der Waals surface area contributed by atoms with Gasteiger partial charge >= 0.3 is 0 Å². The molecule has 0 saturated carbocycles. The molecule has 0 fully saturated rings. The summed E-state index contributed by atoms with van der Waals surface area (Å²) in [6.07, 6.45) is 2.96. The minimum Gasteiger partial charge on any atom is -0.347 e. The maximum Gasteiger partial charge on any atom is 0.245 e. The minimum absolute atomic E-state index is 0.0217. The lowest BCUT2D eigenvalue weighted by Gasteiger charge is -2.16. The molecule has 2 aromatic rings. The van der Waals surface area contributed by atoms with Crippen molar-refractivity contribution in [3.8, 4) is 0 Å². The molecule has 0 unspecified atom stereocenters. The molecular weight excluding hydrogens is 236 g/mol. The van der Waals surface area contributed by atoms with E-state index in [2.05, 4.69) is 15.4 Å². The minimum atomic E-state index is -0.347. The van der Waals surface area contributed by atoms with Crippen LogP contribution in [0.5, 0.6) is 0 Å². The normalized spacial score (nSPS) is 14.2. The van der Waals surface area contributed by atoms with E-state index in [4.69, 9.17) is 0 Å². The molecule has 6 heteroatoms. The molecule has 2 rings (SSSR count). The Morgan fingerprint density at radius 3 is 2.94 bits per heavy atom. The summed E-state index contributed by atoms with van der Waals surface area (Å²) in [5, 5.41) is 8.91. The van der Waals surface area contributed by atoms with Gasteiger partial charge in [-0.15, -0.1) is 11.3 Å². The zero-order chi connectivity index (χ0) is 12.3. The fourth-order valence-electron chi connectivity index (χ4n) is 1.48. The van der Waals surface area contributed by atoms with E-state index in [1.54, 1.807) is 24.6 Å². The van der Waals surface area contributed by atoms with Crippen molar-refractivity contribution in [3.63, 3.8) is 0 Å². The van der Waals surface area contributed by atoms with Gasteiger partial charge in [0.2, 0.25) is 5.91 Å². The standard InChI is InChI=1S/C11H14N4OS/c1-8(10-4-3-5-17-10)14-11(16)9(2)15-7-12-6-13-15/h3-9H,1-2H3,(H,14,16)/t8-,9+/m1/s1. The van der Waals surface area contributed by atoms with Crippen LogP contribution < -0.4 is 5.32 Å². The summed E-state index contributed by atoms with van der Waals surface area (Å²) in [5.74, 6) is -0.0589. The third kappa shape index (κ3) is 2.71. The van der Waals surface area contributed by atoms with Crippen molar-refractivity contribution < 1.29 is 4.79 Å². The van der Waals surface area contributed by atoms with Gasteiger partial charge in [0, 0.05) is 4.88 Å². The molecule has 0 radical (unpaired) electrons. The Morgan fingerprint density at radius 1 is 1.53 bits per heavy atom. The molecule has 2 atom stereocenters. The summed E-state index contributed by atoms with van der Waals surface area (Å²) in [5.41, 5.74) is 0. The van der Waals surface area contributed by atoms with E-state index >= 15 is 0 Å². The van der Waals surface area contributed by atoms with Gasteiger partial charge in [0.15, 0.2) is 0 Å². The van der Waals surface area contributed by atoms with E-state index < -0.39 is 0 Å². The number of rotatable bonds is 4. The van der Waals surface area contributed by atoms with Crippen molar-refractivity contribution in [1.82, 2.24) is 20.1 Å². The lowest BCUT2D eigenvalue weighted by molar-refractivity contribution is -0.124. The zero-order valence-electron chi connectivity index (χ0n) is 9.70. The number of hydrogen-bond acceptors (Lipinski definition) is 4. The quantitative estimate of drug-likeness (QED) is 0.899. The number of carbonyl (C=O) groups excluding carboxylic acids is 1. The highest BCUT2D eigenvalue weighted by molar-refractivity contribution is 7.10. The van der Waals surface area contributed by atoms with Crippen LogP contribution in [0.25, 0.3) is 0 Å². The first kappa shape index (κ1) is 11.8. The Balaban J connectivity index is 1.98. The van der Waals surface area contributed by atoms with Gasteiger partial charge in [0.1, 0.15) is 18.7 Å². The molecule has 5 nitrogen and oxygen atoms in total. The molecule has 0 bridgehead atoms. The highest BCUT2D eigenvalue weighted by Crippen LogP contribution is 2.18. The summed E-state index contributed by atoms with van der Waals surface area (Å²) in [6, 6.07) is 3.66. The van der Waals surface area contributed by atoms with Crippen LogP contribution in [0, 0.1) is 0 Å². The first-order valence-electron chi connectivity index (χ1n) is 5.36. The highest BCUT2D eigenvalue weighted by atomic mass is 32.1. The van der Waals surface area contributed by atoms with Crippen molar-refractivity contribution in [2.75, 3.05) is 0 Å². The molecule has 1 amide bonds. The average molecular weight is 250 g/mol. The summed E-state index contributed by atoms with van der Waals surface area (Å²) < 4.78 is 1.54. The maximum atomic E-state index is 12.0. The smallest absolute Gasteiger partial charge is 0.245 e. The Morgan fingerprint density at radius 2 is 2.35 bits per heavy atom. The first-order valence-corrected chi connectivity index (χ1v) is 6.24. The molecule has 1 N–H and O–H groups in total. The second-order valence-electron chi connectivity index (χ2n) is 3.80. The molecule has 0 aliphatic carbocycles. The maximum absolute atomic E-state index is 12.0. The van der Waals surface area contributed by atoms with Gasteiger partial charge in [-0.2, -0.15) is 5.10 Å². The molecule has 2 aromatic heterocycles. The molecule has 0 spiro atoms. The summed E-state index contributed by atoms with van der Waals surface area (Å²) >= 11 is 1.63. The SMILES string of the molecule is C[C@@H](NC(=O)[C@H](C)n1cncn1)c1cccs1. The van der Waals surface area contributed by atoms with Crippen LogP contribution in [0.4, 0.5) is 0 Å². The zero-order valence-corrected chi connectivity index (χ0v) is 10.5. The number of hydrogen-bond donors (Lipinski definition) is 1. The van der Waals surface area contributed by atoms with Gasteiger partial charge in [-0.3, -0.25) is 4.79 Å². The molecule has 0 aromatic carbocycles. The van der Waals surface area contributed by atoms with E-state index in [1.165, 1.54) is 11.0 Å². The molecule has 2 heterocycles. The third-order valence-corrected chi connectivity index (χ3v) is 3.60. The van der Waals surface area contributed by atoms with Crippen molar-refractivity contribution in [2.24, 2.45) is 0 Å². The van der Waals surface area contributed by atoms with Gasteiger partial charge < -0.3 is 5.32 Å². The Hall–Kier alpha value is -1.69. The van der Waals surface area contributed by atoms with Crippen molar-refractivity contribution in [1.29, 1.82) is 0 Å². The number of thiophene rings is 1. The predicted molar refractivity (Wildman–Crippen MR) is 65.6 cm³/mol.